The molecule has 37 heavy (non-hydrogen) atoms. The van der Waals surface area contributed by atoms with Gasteiger partial charge < -0.3 is 22.9 Å². The zero-order chi connectivity index (χ0) is 27.9. The predicted molar refractivity (Wildman–Crippen MR) is 137 cm³/mol. The van der Waals surface area contributed by atoms with Gasteiger partial charge in [0.2, 0.25) is 0 Å². The molecule has 2 heterocycles. The molecular formula is C20H24N10O6S. The Morgan fingerprint density at radius 1 is 0.730 bits per heavy atom. The van der Waals surface area contributed by atoms with Crippen molar-refractivity contribution in [2.45, 2.75) is 12.1 Å². The van der Waals surface area contributed by atoms with Gasteiger partial charge in [0.25, 0.3) is 11.8 Å². The molecule has 2 aromatic carbocycles. The highest BCUT2D eigenvalue weighted by Gasteiger charge is 2.36. The molecular weight excluding hydrogens is 508 g/mol. The molecule has 16 nitrogen and oxygen atoms in total. The third kappa shape index (κ3) is 7.72. The van der Waals surface area contributed by atoms with Crippen molar-refractivity contribution in [2.75, 3.05) is 10.0 Å². The summed E-state index contributed by atoms with van der Waals surface area (Å²) >= 11 is 0. The average molecular weight is 533 g/mol. The summed E-state index contributed by atoms with van der Waals surface area (Å²) in [4.78, 5) is 23.5. The van der Waals surface area contributed by atoms with Crippen LogP contribution in [-0.2, 0) is 20.0 Å². The largest absolute Gasteiger partial charge is 0.394 e. The van der Waals surface area contributed by atoms with Crippen molar-refractivity contribution in [2.24, 2.45) is 33.1 Å². The lowest BCUT2D eigenvalue weighted by Gasteiger charge is -2.11. The van der Waals surface area contributed by atoms with Gasteiger partial charge in [0, 0.05) is 0 Å². The summed E-state index contributed by atoms with van der Waals surface area (Å²) in [6, 6.07) is 15.9. The number of hydrogen-bond donors (Lipinski definition) is 8. The van der Waals surface area contributed by atoms with Gasteiger partial charge in [-0.15, -0.1) is 0 Å². The second kappa shape index (κ2) is 11.9. The molecule has 2 aliphatic rings. The highest BCUT2D eigenvalue weighted by atomic mass is 32.3. The molecule has 17 heteroatoms. The van der Waals surface area contributed by atoms with Gasteiger partial charge in [-0.3, -0.25) is 29.5 Å². The van der Waals surface area contributed by atoms with Gasteiger partial charge in [-0.25, -0.2) is 0 Å². The smallest absolute Gasteiger partial charge is 0.383 e. The fraction of sp³-hybridized carbons (Fsp3) is 0.100. The summed E-state index contributed by atoms with van der Waals surface area (Å²) in [6.45, 7) is 0. The van der Waals surface area contributed by atoms with Gasteiger partial charge in [-0.2, -0.15) is 28.6 Å². The molecule has 12 N–H and O–H groups in total. The quantitative estimate of drug-likeness (QED) is 0.130. The lowest BCUT2D eigenvalue weighted by atomic mass is 10.2. The van der Waals surface area contributed by atoms with Crippen molar-refractivity contribution < 1.29 is 27.1 Å². The number of hydrogen-bond acceptors (Lipinski definition) is 10. The molecule has 2 amide bonds. The van der Waals surface area contributed by atoms with Crippen LogP contribution in [0.5, 0.6) is 0 Å². The lowest BCUT2D eigenvalue weighted by molar-refractivity contribution is -0.118. The minimum absolute atomic E-state index is 0.105. The van der Waals surface area contributed by atoms with Gasteiger partial charge in [-0.05, 0) is 24.3 Å². The molecule has 2 unspecified atom stereocenters. The zero-order valence-corrected chi connectivity index (χ0v) is 19.8. The Labute approximate surface area is 210 Å². The SMILES string of the molecule is N=C(N)C1=NN(c2ccccc2)C(=O)C1N.N=C(N)C1=NN(c2ccccc2)C(=O)C1N.O=S(=O)(O)O. The summed E-state index contributed by atoms with van der Waals surface area (Å²) in [6.07, 6.45) is 0. The Hall–Kier alpha value is -4.55. The first-order chi connectivity index (χ1) is 17.2. The molecule has 2 atom stereocenters. The van der Waals surface area contributed by atoms with E-state index in [9.17, 15) is 9.59 Å². The van der Waals surface area contributed by atoms with Crippen LogP contribution in [-0.4, -0.2) is 64.5 Å². The van der Waals surface area contributed by atoms with Crippen molar-refractivity contribution in [3.05, 3.63) is 60.7 Å². The monoisotopic (exact) mass is 532 g/mol. The van der Waals surface area contributed by atoms with E-state index in [2.05, 4.69) is 10.2 Å². The first kappa shape index (κ1) is 28.7. The molecule has 0 aromatic heterocycles. The molecule has 0 fully saturated rings. The number of carbonyl (C=O) groups is 2. The molecule has 0 bridgehead atoms. The average Bonchev–Trinajstić information content (AvgIpc) is 3.30. The normalized spacial score (nSPS) is 18.7. The number of nitrogens with two attached hydrogens (primary N) is 4. The summed E-state index contributed by atoms with van der Waals surface area (Å²) in [7, 11) is -4.67. The fourth-order valence-electron chi connectivity index (χ4n) is 2.89. The fourth-order valence-corrected chi connectivity index (χ4v) is 2.89. The van der Waals surface area contributed by atoms with Gasteiger partial charge >= 0.3 is 10.4 Å². The number of amides is 2. The van der Waals surface area contributed by atoms with Crippen molar-refractivity contribution in [1.82, 2.24) is 0 Å². The number of amidine groups is 2. The number of hydrazone groups is 2. The highest BCUT2D eigenvalue weighted by Crippen LogP contribution is 2.20. The van der Waals surface area contributed by atoms with Crippen LogP contribution in [0.4, 0.5) is 11.4 Å². The maximum atomic E-state index is 11.8. The maximum absolute atomic E-state index is 11.8. The van der Waals surface area contributed by atoms with Crippen molar-refractivity contribution in [1.29, 1.82) is 10.8 Å². The zero-order valence-electron chi connectivity index (χ0n) is 19.0. The van der Waals surface area contributed by atoms with E-state index in [0.29, 0.717) is 11.4 Å². The van der Waals surface area contributed by atoms with E-state index in [1.807, 2.05) is 12.1 Å². The predicted octanol–water partition coefficient (Wildman–Crippen LogP) is -1.35. The number of rotatable bonds is 4. The first-order valence-corrected chi connectivity index (χ1v) is 11.5. The van der Waals surface area contributed by atoms with Crippen molar-refractivity contribution in [3.8, 4) is 0 Å². The van der Waals surface area contributed by atoms with E-state index in [4.69, 9.17) is 51.3 Å². The minimum atomic E-state index is -4.67. The van der Waals surface area contributed by atoms with Gasteiger partial charge in [0.1, 0.15) is 35.2 Å². The number of nitrogens with zero attached hydrogens (tertiary/aromatic N) is 4. The Morgan fingerprint density at radius 3 is 1.22 bits per heavy atom. The third-order valence-electron chi connectivity index (χ3n) is 4.51. The molecule has 0 aliphatic carbocycles. The van der Waals surface area contributed by atoms with Crippen LogP contribution in [0.15, 0.2) is 70.9 Å². The van der Waals surface area contributed by atoms with Gasteiger partial charge in [0.15, 0.2) is 0 Å². The lowest BCUT2D eigenvalue weighted by Crippen LogP contribution is -2.43. The molecule has 0 radical (unpaired) electrons. The Kier molecular flexibility index (Phi) is 9.25. The Morgan fingerprint density at radius 2 is 1.00 bits per heavy atom. The van der Waals surface area contributed by atoms with Crippen LogP contribution in [0, 0.1) is 10.8 Å². The van der Waals surface area contributed by atoms with E-state index in [0.717, 1.165) is 0 Å². The topological polar surface area (TPSA) is 292 Å². The number of para-hydroxylation sites is 2. The molecule has 0 saturated carbocycles. The van der Waals surface area contributed by atoms with Crippen LogP contribution in [0.25, 0.3) is 0 Å². The van der Waals surface area contributed by atoms with Crippen LogP contribution in [0.2, 0.25) is 0 Å². The molecule has 196 valence electrons. The second-order valence-electron chi connectivity index (χ2n) is 7.17. The molecule has 0 spiro atoms. The van der Waals surface area contributed by atoms with E-state index in [-0.39, 0.29) is 34.9 Å². The Balaban J connectivity index is 0.000000221. The first-order valence-electron chi connectivity index (χ1n) is 10.1. The van der Waals surface area contributed by atoms with Crippen LogP contribution < -0.4 is 33.0 Å². The maximum Gasteiger partial charge on any atom is 0.394 e. The summed E-state index contributed by atoms with van der Waals surface area (Å²) < 4.78 is 31.6. The van der Waals surface area contributed by atoms with E-state index in [1.165, 1.54) is 10.0 Å². The van der Waals surface area contributed by atoms with E-state index < -0.39 is 22.5 Å². The number of carbonyl (C=O) groups excluding carboxylic acids is 2. The second-order valence-corrected chi connectivity index (χ2v) is 8.07. The van der Waals surface area contributed by atoms with E-state index >= 15 is 0 Å². The summed E-state index contributed by atoms with van der Waals surface area (Å²) in [5.41, 5.74) is 23.2. The highest BCUT2D eigenvalue weighted by molar-refractivity contribution is 7.79. The Bertz CT molecular complexity index is 1250. The molecule has 2 aliphatic heterocycles. The van der Waals surface area contributed by atoms with Gasteiger partial charge in [-0.1, -0.05) is 36.4 Å². The molecule has 0 saturated heterocycles. The summed E-state index contributed by atoms with van der Waals surface area (Å²) in [5.74, 6) is -1.31. The standard InChI is InChI=1S/2C10H11N5O.H2O4S/c2*11-7-8(9(12)13)14-15(10(7)16)6-4-2-1-3-5-6;1-5(2,3)4/h2*1-5,7H,11H2,(H3,12,13);(H2,1,2,3,4). The minimum Gasteiger partial charge on any atom is -0.383 e. The number of benzene rings is 2. The van der Waals surface area contributed by atoms with Crippen molar-refractivity contribution >= 4 is 56.7 Å². The molecule has 2 aromatic rings. The van der Waals surface area contributed by atoms with Crippen molar-refractivity contribution in [3.63, 3.8) is 0 Å². The summed E-state index contributed by atoms with van der Waals surface area (Å²) in [5, 5.41) is 24.7. The van der Waals surface area contributed by atoms with E-state index in [1.54, 1.807) is 48.5 Å². The van der Waals surface area contributed by atoms with Crippen LogP contribution in [0.3, 0.4) is 0 Å². The molecule has 4 rings (SSSR count). The van der Waals surface area contributed by atoms with Crippen LogP contribution >= 0.6 is 0 Å². The van der Waals surface area contributed by atoms with Crippen LogP contribution in [0.1, 0.15) is 0 Å². The number of nitrogens with one attached hydrogen (secondary N) is 2. The third-order valence-corrected chi connectivity index (χ3v) is 4.51. The number of anilines is 2. The van der Waals surface area contributed by atoms with Gasteiger partial charge in [0.05, 0.1) is 11.4 Å².